The molecule has 4 nitrogen and oxygen atoms in total. The molecule has 0 spiro atoms. The number of nitrogens with one attached hydrogen (secondary N) is 1. The van der Waals surface area contributed by atoms with Crippen molar-refractivity contribution in [2.45, 2.75) is 32.6 Å². The van der Waals surface area contributed by atoms with Gasteiger partial charge in [0, 0.05) is 29.2 Å². The number of anilines is 1. The summed E-state index contributed by atoms with van der Waals surface area (Å²) in [5.74, 6) is 0.560. The van der Waals surface area contributed by atoms with Crippen LogP contribution in [0.4, 0.5) is 5.82 Å². The molecule has 0 radical (unpaired) electrons. The van der Waals surface area contributed by atoms with Gasteiger partial charge in [-0.25, -0.2) is 0 Å². The third kappa shape index (κ3) is 2.64. The minimum Gasteiger partial charge on any atom is -0.382 e. The van der Waals surface area contributed by atoms with E-state index in [1.54, 1.807) is 6.20 Å². The fourth-order valence-electron chi connectivity index (χ4n) is 1.96. The Hall–Kier alpha value is -1.84. The first kappa shape index (κ1) is 11.6. The molecule has 2 aromatic heterocycles. The van der Waals surface area contributed by atoms with Crippen LogP contribution < -0.4 is 5.73 Å². The number of H-pyrrole nitrogens is 1. The number of unbranched alkanes of at least 4 members (excludes halogenated alkanes) is 2. The molecule has 3 N–H and O–H groups in total. The van der Waals surface area contributed by atoms with E-state index in [0.29, 0.717) is 5.82 Å². The van der Waals surface area contributed by atoms with Crippen LogP contribution in [0.2, 0.25) is 0 Å². The number of pyridine rings is 1. The van der Waals surface area contributed by atoms with Crippen molar-refractivity contribution in [3.63, 3.8) is 0 Å². The van der Waals surface area contributed by atoms with Gasteiger partial charge in [0.15, 0.2) is 5.82 Å². The zero-order valence-electron chi connectivity index (χ0n) is 10.1. The summed E-state index contributed by atoms with van der Waals surface area (Å²) in [6, 6.07) is 3.93. The Bertz CT molecular complexity index is 462. The molecule has 0 atom stereocenters. The smallest absolute Gasteiger partial charge is 0.153 e. The van der Waals surface area contributed by atoms with Gasteiger partial charge in [-0.15, -0.1) is 0 Å². The minimum atomic E-state index is 0.560. The highest BCUT2D eigenvalue weighted by atomic mass is 15.2. The van der Waals surface area contributed by atoms with Crippen molar-refractivity contribution in [1.82, 2.24) is 15.2 Å². The molecule has 0 saturated heterocycles. The van der Waals surface area contributed by atoms with Crippen molar-refractivity contribution in [3.05, 3.63) is 30.2 Å². The molecular formula is C13H18N4. The standard InChI is InChI=1S/C13H18N4/c1-2-3-4-7-11-12(13(14)17-16-11)10-6-5-8-15-9-10/h5-6,8-9H,2-4,7H2,1H3,(H3,14,16,17). The quantitative estimate of drug-likeness (QED) is 0.776. The molecule has 0 amide bonds. The van der Waals surface area contributed by atoms with Crippen LogP contribution in [0.1, 0.15) is 31.9 Å². The summed E-state index contributed by atoms with van der Waals surface area (Å²) < 4.78 is 0. The van der Waals surface area contributed by atoms with Crippen molar-refractivity contribution < 1.29 is 0 Å². The largest absolute Gasteiger partial charge is 0.382 e. The van der Waals surface area contributed by atoms with Crippen molar-refractivity contribution in [1.29, 1.82) is 0 Å². The molecule has 2 aromatic rings. The van der Waals surface area contributed by atoms with E-state index in [1.165, 1.54) is 12.8 Å². The van der Waals surface area contributed by atoms with E-state index in [9.17, 15) is 0 Å². The van der Waals surface area contributed by atoms with Gasteiger partial charge < -0.3 is 5.73 Å². The highest BCUT2D eigenvalue weighted by Gasteiger charge is 2.12. The molecule has 0 unspecified atom stereocenters. The number of hydrogen-bond donors (Lipinski definition) is 2. The normalized spacial score (nSPS) is 10.6. The number of aromatic amines is 1. The van der Waals surface area contributed by atoms with Gasteiger partial charge in [0.25, 0.3) is 0 Å². The number of nitrogens with two attached hydrogens (primary N) is 1. The molecule has 0 aromatic carbocycles. The molecule has 2 rings (SSSR count). The van der Waals surface area contributed by atoms with E-state index in [-0.39, 0.29) is 0 Å². The lowest BCUT2D eigenvalue weighted by atomic mass is 10.0. The van der Waals surface area contributed by atoms with Crippen molar-refractivity contribution >= 4 is 5.82 Å². The summed E-state index contributed by atoms with van der Waals surface area (Å²) in [6.45, 7) is 2.20. The van der Waals surface area contributed by atoms with Gasteiger partial charge in [0.2, 0.25) is 0 Å². The second-order valence-corrected chi connectivity index (χ2v) is 4.16. The van der Waals surface area contributed by atoms with Gasteiger partial charge in [-0.05, 0) is 18.9 Å². The molecule has 0 aliphatic heterocycles. The molecule has 90 valence electrons. The highest BCUT2D eigenvalue weighted by molar-refractivity contribution is 5.75. The summed E-state index contributed by atoms with van der Waals surface area (Å²) in [4.78, 5) is 4.12. The van der Waals surface area contributed by atoms with Crippen LogP contribution in [0.25, 0.3) is 11.1 Å². The Morgan fingerprint density at radius 2 is 2.24 bits per heavy atom. The zero-order valence-corrected chi connectivity index (χ0v) is 10.1. The predicted molar refractivity (Wildman–Crippen MR) is 69.5 cm³/mol. The van der Waals surface area contributed by atoms with Crippen LogP contribution in [0.15, 0.2) is 24.5 Å². The monoisotopic (exact) mass is 230 g/mol. The lowest BCUT2D eigenvalue weighted by Crippen LogP contribution is -1.92. The number of rotatable bonds is 5. The Balaban J connectivity index is 2.24. The van der Waals surface area contributed by atoms with Gasteiger partial charge >= 0.3 is 0 Å². The van der Waals surface area contributed by atoms with Crippen molar-refractivity contribution in [2.24, 2.45) is 0 Å². The first-order chi connectivity index (χ1) is 8.33. The minimum absolute atomic E-state index is 0.560. The number of hydrogen-bond acceptors (Lipinski definition) is 3. The van der Waals surface area contributed by atoms with Crippen LogP contribution in [0, 0.1) is 0 Å². The van der Waals surface area contributed by atoms with E-state index < -0.39 is 0 Å². The maximum atomic E-state index is 5.91. The van der Waals surface area contributed by atoms with E-state index in [4.69, 9.17) is 5.73 Å². The maximum Gasteiger partial charge on any atom is 0.153 e. The SMILES string of the molecule is CCCCCc1[nH]nc(N)c1-c1cccnc1. The highest BCUT2D eigenvalue weighted by Crippen LogP contribution is 2.28. The summed E-state index contributed by atoms with van der Waals surface area (Å²) in [5.41, 5.74) is 9.06. The Labute approximate surface area is 101 Å². The molecule has 0 fully saturated rings. The lowest BCUT2D eigenvalue weighted by molar-refractivity contribution is 0.706. The first-order valence-electron chi connectivity index (χ1n) is 6.06. The fourth-order valence-corrected chi connectivity index (χ4v) is 1.96. The summed E-state index contributed by atoms with van der Waals surface area (Å²) in [5, 5.41) is 7.13. The summed E-state index contributed by atoms with van der Waals surface area (Å²) >= 11 is 0. The average Bonchev–Trinajstić information content (AvgIpc) is 2.72. The molecule has 0 saturated carbocycles. The molecule has 0 aliphatic rings. The van der Waals surface area contributed by atoms with E-state index in [1.807, 2.05) is 18.3 Å². The first-order valence-corrected chi connectivity index (χ1v) is 6.06. The zero-order chi connectivity index (χ0) is 12.1. The maximum absolute atomic E-state index is 5.91. The Kier molecular flexibility index (Phi) is 3.75. The van der Waals surface area contributed by atoms with Gasteiger partial charge in [0.1, 0.15) is 0 Å². The van der Waals surface area contributed by atoms with E-state index in [2.05, 4.69) is 22.1 Å². The molecule has 4 heteroatoms. The number of aromatic nitrogens is 3. The van der Waals surface area contributed by atoms with E-state index in [0.717, 1.165) is 29.7 Å². The number of nitrogens with zero attached hydrogens (tertiary/aromatic N) is 2. The molecule has 0 aliphatic carbocycles. The summed E-state index contributed by atoms with van der Waals surface area (Å²) in [6.07, 6.45) is 8.17. The topological polar surface area (TPSA) is 67.6 Å². The second kappa shape index (κ2) is 5.48. The second-order valence-electron chi connectivity index (χ2n) is 4.16. The Morgan fingerprint density at radius 3 is 2.94 bits per heavy atom. The Morgan fingerprint density at radius 1 is 1.35 bits per heavy atom. The lowest BCUT2D eigenvalue weighted by Gasteiger charge is -2.03. The van der Waals surface area contributed by atoms with Crippen LogP contribution in [-0.2, 0) is 6.42 Å². The fraction of sp³-hybridized carbons (Fsp3) is 0.385. The van der Waals surface area contributed by atoms with Crippen molar-refractivity contribution in [2.75, 3.05) is 5.73 Å². The molecule has 2 heterocycles. The number of aryl methyl sites for hydroxylation is 1. The predicted octanol–water partition coefficient (Wildman–Crippen LogP) is 2.79. The van der Waals surface area contributed by atoms with Crippen LogP contribution >= 0.6 is 0 Å². The summed E-state index contributed by atoms with van der Waals surface area (Å²) in [7, 11) is 0. The van der Waals surface area contributed by atoms with Gasteiger partial charge in [-0.3, -0.25) is 10.1 Å². The van der Waals surface area contributed by atoms with Crippen molar-refractivity contribution in [3.8, 4) is 11.1 Å². The van der Waals surface area contributed by atoms with Crippen LogP contribution in [0.5, 0.6) is 0 Å². The van der Waals surface area contributed by atoms with Crippen LogP contribution in [-0.4, -0.2) is 15.2 Å². The average molecular weight is 230 g/mol. The van der Waals surface area contributed by atoms with Gasteiger partial charge in [-0.1, -0.05) is 25.8 Å². The number of nitrogen functional groups attached to an aromatic ring is 1. The van der Waals surface area contributed by atoms with Gasteiger partial charge in [0.05, 0.1) is 0 Å². The molecular weight excluding hydrogens is 212 g/mol. The van der Waals surface area contributed by atoms with E-state index >= 15 is 0 Å². The molecule has 17 heavy (non-hydrogen) atoms. The third-order valence-corrected chi connectivity index (χ3v) is 2.85. The third-order valence-electron chi connectivity index (χ3n) is 2.85. The van der Waals surface area contributed by atoms with Crippen LogP contribution in [0.3, 0.4) is 0 Å². The van der Waals surface area contributed by atoms with Gasteiger partial charge in [-0.2, -0.15) is 5.10 Å². The molecule has 0 bridgehead atoms.